The van der Waals surface area contributed by atoms with Crippen LogP contribution >= 0.6 is 27.3 Å². The lowest BCUT2D eigenvalue weighted by Gasteiger charge is -2.04. The molecule has 3 nitrogen and oxygen atoms in total. The monoisotopic (exact) mass is 346 g/mol. The van der Waals surface area contributed by atoms with E-state index in [-0.39, 0.29) is 11.5 Å². The van der Waals surface area contributed by atoms with Crippen LogP contribution in [0.25, 0.3) is 0 Å². The van der Waals surface area contributed by atoms with Crippen LogP contribution in [0.3, 0.4) is 0 Å². The molecular formula is C12H11BrO3S2. The van der Waals surface area contributed by atoms with Crippen LogP contribution in [-0.2, 0) is 20.9 Å². The van der Waals surface area contributed by atoms with Gasteiger partial charge in [-0.3, -0.25) is 4.18 Å². The molecule has 0 N–H and O–H groups in total. The van der Waals surface area contributed by atoms with Gasteiger partial charge < -0.3 is 0 Å². The highest BCUT2D eigenvalue weighted by molar-refractivity contribution is 9.10. The Morgan fingerprint density at radius 2 is 1.94 bits per heavy atom. The molecular weight excluding hydrogens is 336 g/mol. The van der Waals surface area contributed by atoms with Gasteiger partial charge in [-0.05, 0) is 41.1 Å². The van der Waals surface area contributed by atoms with Gasteiger partial charge >= 0.3 is 0 Å². The molecule has 0 saturated heterocycles. The molecule has 1 aromatic carbocycles. The zero-order chi connectivity index (χ0) is 13.2. The standard InChI is InChI=1S/C12H11BrO3S2/c1-9-2-4-12(5-3-9)18(14,15)16-7-11-6-10(13)8-17-11/h2-6,8H,7H2,1H3. The minimum atomic E-state index is -3.67. The van der Waals surface area contributed by atoms with E-state index in [0.717, 1.165) is 14.9 Å². The first-order chi connectivity index (χ1) is 8.47. The summed E-state index contributed by atoms with van der Waals surface area (Å²) in [5.74, 6) is 0. The zero-order valence-corrected chi connectivity index (χ0v) is 12.8. The Morgan fingerprint density at radius 3 is 2.50 bits per heavy atom. The van der Waals surface area contributed by atoms with E-state index in [1.807, 2.05) is 18.4 Å². The average molecular weight is 347 g/mol. The number of thiophene rings is 1. The normalized spacial score (nSPS) is 11.7. The van der Waals surface area contributed by atoms with Crippen molar-refractivity contribution in [3.8, 4) is 0 Å². The minimum Gasteiger partial charge on any atom is -0.261 e. The Morgan fingerprint density at radius 1 is 1.28 bits per heavy atom. The maximum atomic E-state index is 11.9. The molecule has 2 aromatic rings. The zero-order valence-electron chi connectivity index (χ0n) is 9.59. The Bertz CT molecular complexity index is 630. The fraction of sp³-hybridized carbons (Fsp3) is 0.167. The third-order valence-electron chi connectivity index (χ3n) is 2.29. The van der Waals surface area contributed by atoms with Crippen molar-refractivity contribution in [3.05, 3.63) is 50.6 Å². The van der Waals surface area contributed by atoms with Crippen LogP contribution in [-0.4, -0.2) is 8.42 Å². The lowest BCUT2D eigenvalue weighted by Crippen LogP contribution is -2.05. The van der Waals surface area contributed by atoms with Crippen molar-refractivity contribution in [3.63, 3.8) is 0 Å². The Balaban J connectivity index is 2.10. The fourth-order valence-electron chi connectivity index (χ4n) is 1.34. The number of hydrogen-bond donors (Lipinski definition) is 0. The van der Waals surface area contributed by atoms with Crippen LogP contribution in [0.4, 0.5) is 0 Å². The molecule has 0 aliphatic heterocycles. The molecule has 96 valence electrons. The maximum Gasteiger partial charge on any atom is 0.297 e. The van der Waals surface area contributed by atoms with E-state index in [9.17, 15) is 8.42 Å². The predicted octanol–water partition coefficient (Wildman–Crippen LogP) is 3.72. The summed E-state index contributed by atoms with van der Waals surface area (Å²) in [5.41, 5.74) is 1.01. The highest BCUT2D eigenvalue weighted by atomic mass is 79.9. The van der Waals surface area contributed by atoms with E-state index < -0.39 is 10.1 Å². The smallest absolute Gasteiger partial charge is 0.261 e. The summed E-state index contributed by atoms with van der Waals surface area (Å²) in [6.45, 7) is 1.97. The topological polar surface area (TPSA) is 43.4 Å². The average Bonchev–Trinajstić information content (AvgIpc) is 2.73. The highest BCUT2D eigenvalue weighted by Crippen LogP contribution is 2.22. The van der Waals surface area contributed by atoms with Crippen LogP contribution in [0.2, 0.25) is 0 Å². The molecule has 0 aliphatic carbocycles. The molecule has 0 unspecified atom stereocenters. The van der Waals surface area contributed by atoms with E-state index >= 15 is 0 Å². The lowest BCUT2D eigenvalue weighted by molar-refractivity contribution is 0.311. The molecule has 0 atom stereocenters. The molecule has 0 spiro atoms. The molecule has 0 saturated carbocycles. The molecule has 0 radical (unpaired) electrons. The summed E-state index contributed by atoms with van der Waals surface area (Å²) >= 11 is 4.76. The Hall–Kier alpha value is -0.690. The first-order valence-electron chi connectivity index (χ1n) is 5.16. The second-order valence-corrected chi connectivity index (χ2v) is 7.29. The summed E-state index contributed by atoms with van der Waals surface area (Å²) in [4.78, 5) is 1.04. The molecule has 0 bridgehead atoms. The SMILES string of the molecule is Cc1ccc(S(=O)(=O)OCc2cc(Br)cs2)cc1. The van der Waals surface area contributed by atoms with Gasteiger partial charge in [0.25, 0.3) is 10.1 Å². The van der Waals surface area contributed by atoms with E-state index in [0.29, 0.717) is 0 Å². The summed E-state index contributed by atoms with van der Waals surface area (Å²) in [5, 5.41) is 1.89. The van der Waals surface area contributed by atoms with Crippen molar-refractivity contribution in [1.29, 1.82) is 0 Å². The van der Waals surface area contributed by atoms with E-state index in [4.69, 9.17) is 4.18 Å². The first kappa shape index (κ1) is 13.7. The number of rotatable bonds is 4. The van der Waals surface area contributed by atoms with E-state index in [2.05, 4.69) is 15.9 Å². The van der Waals surface area contributed by atoms with Crippen LogP contribution in [0, 0.1) is 6.92 Å². The van der Waals surface area contributed by atoms with Crippen molar-refractivity contribution in [2.45, 2.75) is 18.4 Å². The van der Waals surface area contributed by atoms with Crippen LogP contribution in [0.5, 0.6) is 0 Å². The largest absolute Gasteiger partial charge is 0.297 e. The van der Waals surface area contributed by atoms with Gasteiger partial charge in [0.15, 0.2) is 0 Å². The second kappa shape index (κ2) is 5.52. The summed E-state index contributed by atoms with van der Waals surface area (Å²) < 4.78 is 29.7. The molecule has 0 fully saturated rings. The number of hydrogen-bond acceptors (Lipinski definition) is 4. The van der Waals surface area contributed by atoms with Gasteiger partial charge in [0, 0.05) is 14.7 Å². The fourth-order valence-corrected chi connectivity index (χ4v) is 3.66. The van der Waals surface area contributed by atoms with Crippen molar-refractivity contribution >= 4 is 37.4 Å². The summed E-state index contributed by atoms with van der Waals surface area (Å²) in [7, 11) is -3.67. The first-order valence-corrected chi connectivity index (χ1v) is 8.24. The quantitative estimate of drug-likeness (QED) is 0.792. The van der Waals surface area contributed by atoms with Crippen LogP contribution in [0.1, 0.15) is 10.4 Å². The van der Waals surface area contributed by atoms with Crippen molar-refractivity contribution in [2.24, 2.45) is 0 Å². The van der Waals surface area contributed by atoms with E-state index in [1.54, 1.807) is 24.3 Å². The third kappa shape index (κ3) is 3.41. The molecule has 1 heterocycles. The second-order valence-electron chi connectivity index (χ2n) is 3.76. The third-order valence-corrected chi connectivity index (χ3v) is 5.24. The van der Waals surface area contributed by atoms with Crippen LogP contribution in [0.15, 0.2) is 45.1 Å². The Labute approximate surface area is 119 Å². The molecule has 0 aliphatic rings. The lowest BCUT2D eigenvalue weighted by atomic mass is 10.2. The molecule has 0 amide bonds. The Kier molecular flexibility index (Phi) is 4.21. The maximum absolute atomic E-state index is 11.9. The van der Waals surface area contributed by atoms with Crippen molar-refractivity contribution < 1.29 is 12.6 Å². The molecule has 18 heavy (non-hydrogen) atoms. The number of halogens is 1. The van der Waals surface area contributed by atoms with Gasteiger partial charge in [-0.15, -0.1) is 11.3 Å². The van der Waals surface area contributed by atoms with Gasteiger partial charge in [0.1, 0.15) is 6.61 Å². The van der Waals surface area contributed by atoms with Crippen molar-refractivity contribution in [1.82, 2.24) is 0 Å². The van der Waals surface area contributed by atoms with Gasteiger partial charge in [-0.25, -0.2) is 0 Å². The highest BCUT2D eigenvalue weighted by Gasteiger charge is 2.15. The minimum absolute atomic E-state index is 0.0620. The number of benzene rings is 1. The number of aryl methyl sites for hydroxylation is 1. The van der Waals surface area contributed by atoms with Gasteiger partial charge in [-0.1, -0.05) is 17.7 Å². The molecule has 2 rings (SSSR count). The van der Waals surface area contributed by atoms with Crippen LogP contribution < -0.4 is 0 Å². The molecule has 1 aromatic heterocycles. The van der Waals surface area contributed by atoms with Crippen molar-refractivity contribution in [2.75, 3.05) is 0 Å². The summed E-state index contributed by atoms with van der Waals surface area (Å²) in [6.07, 6.45) is 0. The summed E-state index contributed by atoms with van der Waals surface area (Å²) in [6, 6.07) is 8.44. The van der Waals surface area contributed by atoms with Gasteiger partial charge in [0.2, 0.25) is 0 Å². The predicted molar refractivity (Wildman–Crippen MR) is 75.2 cm³/mol. The van der Waals surface area contributed by atoms with E-state index in [1.165, 1.54) is 11.3 Å². The molecule has 6 heteroatoms. The van der Waals surface area contributed by atoms with Gasteiger partial charge in [-0.2, -0.15) is 8.42 Å². The van der Waals surface area contributed by atoms with Gasteiger partial charge in [0.05, 0.1) is 4.90 Å².